The predicted molar refractivity (Wildman–Crippen MR) is 51.8 cm³/mol. The molecule has 0 atom stereocenters. The molecule has 0 aromatic carbocycles. The molecule has 13 heavy (non-hydrogen) atoms. The molecule has 0 unspecified atom stereocenters. The smallest absolute Gasteiger partial charge is 0.303 e. The molecule has 1 heterocycles. The van der Waals surface area contributed by atoms with Gasteiger partial charge in [-0.3, -0.25) is 9.69 Å². The van der Waals surface area contributed by atoms with E-state index in [2.05, 4.69) is 4.90 Å². The summed E-state index contributed by atoms with van der Waals surface area (Å²) >= 11 is 5.52. The van der Waals surface area contributed by atoms with E-state index in [1.54, 1.807) is 5.54 Å². The normalized spacial score (nSPS) is 20.0. The molecule has 0 aromatic heterocycles. The maximum atomic E-state index is 10.3. The Morgan fingerprint density at radius 3 is 2.77 bits per heavy atom. The Bertz CT molecular complexity index is 222. The number of carboxylic acids is 1. The molecule has 1 fully saturated rings. The summed E-state index contributed by atoms with van der Waals surface area (Å²) in [7, 11) is 0. The van der Waals surface area contributed by atoms with Crippen LogP contribution in [0.25, 0.3) is 0 Å². The van der Waals surface area contributed by atoms with Crippen LogP contribution in [0.4, 0.5) is 0 Å². The van der Waals surface area contributed by atoms with E-state index in [9.17, 15) is 4.79 Å². The fraction of sp³-hybridized carbons (Fsp3) is 0.667. The van der Waals surface area contributed by atoms with Crippen LogP contribution >= 0.6 is 11.6 Å². The summed E-state index contributed by atoms with van der Waals surface area (Å²) in [6.45, 7) is 4.60. The van der Waals surface area contributed by atoms with Gasteiger partial charge in [-0.05, 0) is 18.4 Å². The van der Waals surface area contributed by atoms with Gasteiger partial charge >= 0.3 is 5.97 Å². The van der Waals surface area contributed by atoms with E-state index in [0.29, 0.717) is 12.3 Å². The predicted octanol–water partition coefficient (Wildman–Crippen LogP) is 1.54. The lowest BCUT2D eigenvalue weighted by molar-refractivity contribution is -0.139. The van der Waals surface area contributed by atoms with Crippen LogP contribution in [0.3, 0.4) is 0 Å². The number of carbonyl (C=O) groups is 1. The van der Waals surface area contributed by atoms with Gasteiger partial charge in [0.25, 0.3) is 0 Å². The largest absolute Gasteiger partial charge is 0.481 e. The molecule has 1 N–H and O–H groups in total. The Balaban J connectivity index is 2.15. The zero-order valence-electron chi connectivity index (χ0n) is 7.66. The van der Waals surface area contributed by atoms with Crippen molar-refractivity contribution in [3.8, 4) is 0 Å². The third-order valence-electron chi connectivity index (χ3n) is 2.16. The molecule has 1 rings (SSSR count). The Morgan fingerprint density at radius 2 is 2.31 bits per heavy atom. The maximum absolute atomic E-state index is 10.3. The first kappa shape index (κ1) is 10.5. The molecule has 0 saturated carbocycles. The summed E-state index contributed by atoms with van der Waals surface area (Å²) in [4.78, 5) is 12.5. The first-order chi connectivity index (χ1) is 6.11. The van der Waals surface area contributed by atoms with Gasteiger partial charge < -0.3 is 5.11 Å². The minimum Gasteiger partial charge on any atom is -0.481 e. The van der Waals surface area contributed by atoms with Gasteiger partial charge in [-0.1, -0.05) is 11.6 Å². The Labute approximate surface area is 83.0 Å². The molecule has 0 aromatic rings. The lowest BCUT2D eigenvalue weighted by atomic mass is 9.96. The summed E-state index contributed by atoms with van der Waals surface area (Å²) in [6, 6.07) is 0. The third kappa shape index (κ3) is 3.36. The highest BCUT2D eigenvalue weighted by molar-refractivity contribution is 6.25. The van der Waals surface area contributed by atoms with Crippen LogP contribution in [0.5, 0.6) is 0 Å². The standard InChI is InChI=1S/C9H14ClNO2/c1-7(3-10)4-11-5-8(6-11)2-9(12)13/h3,8H,2,4-6H2,1H3,(H,12,13). The van der Waals surface area contributed by atoms with Crippen molar-refractivity contribution < 1.29 is 9.90 Å². The number of aliphatic carboxylic acids is 1. The first-order valence-corrected chi connectivity index (χ1v) is 4.75. The number of nitrogens with zero attached hydrogens (tertiary/aromatic N) is 1. The summed E-state index contributed by atoms with van der Waals surface area (Å²) in [5.41, 5.74) is 2.69. The number of hydrogen-bond acceptors (Lipinski definition) is 2. The number of halogens is 1. The van der Waals surface area contributed by atoms with Crippen LogP contribution in [-0.2, 0) is 4.79 Å². The molecule has 1 saturated heterocycles. The lowest BCUT2D eigenvalue weighted by Gasteiger charge is -2.38. The molecule has 74 valence electrons. The molecule has 0 spiro atoms. The van der Waals surface area contributed by atoms with Crippen molar-refractivity contribution >= 4 is 17.6 Å². The Morgan fingerprint density at radius 1 is 1.69 bits per heavy atom. The zero-order chi connectivity index (χ0) is 9.84. The van der Waals surface area contributed by atoms with Crippen LogP contribution in [0.1, 0.15) is 13.3 Å². The van der Waals surface area contributed by atoms with Crippen LogP contribution < -0.4 is 0 Å². The van der Waals surface area contributed by atoms with Gasteiger partial charge in [-0.15, -0.1) is 0 Å². The van der Waals surface area contributed by atoms with Gasteiger partial charge in [0.1, 0.15) is 0 Å². The molecule has 1 aliphatic rings. The average Bonchev–Trinajstić information content (AvgIpc) is 1.99. The zero-order valence-corrected chi connectivity index (χ0v) is 8.42. The molecule has 0 aliphatic carbocycles. The van der Waals surface area contributed by atoms with Gasteiger partial charge in [0.2, 0.25) is 0 Å². The fourth-order valence-electron chi connectivity index (χ4n) is 1.57. The monoisotopic (exact) mass is 203 g/mol. The molecule has 1 aliphatic heterocycles. The minimum absolute atomic E-state index is 0.292. The molecule has 3 nitrogen and oxygen atoms in total. The van der Waals surface area contributed by atoms with Crippen LogP contribution in [0.2, 0.25) is 0 Å². The minimum atomic E-state index is -0.700. The van der Waals surface area contributed by atoms with Crippen molar-refractivity contribution in [3.05, 3.63) is 11.1 Å². The highest BCUT2D eigenvalue weighted by Crippen LogP contribution is 2.19. The van der Waals surface area contributed by atoms with E-state index in [-0.39, 0.29) is 0 Å². The van der Waals surface area contributed by atoms with Crippen LogP contribution in [0.15, 0.2) is 11.1 Å². The van der Waals surface area contributed by atoms with Crippen molar-refractivity contribution in [1.82, 2.24) is 4.90 Å². The van der Waals surface area contributed by atoms with E-state index in [1.165, 1.54) is 0 Å². The van der Waals surface area contributed by atoms with E-state index < -0.39 is 5.97 Å². The first-order valence-electron chi connectivity index (χ1n) is 4.32. The molecule has 0 radical (unpaired) electrons. The SMILES string of the molecule is CC(=CCl)CN1CC(CC(=O)O)C1. The lowest BCUT2D eigenvalue weighted by Crippen LogP contribution is -2.47. The highest BCUT2D eigenvalue weighted by atomic mass is 35.5. The van der Waals surface area contributed by atoms with Crippen LogP contribution in [0, 0.1) is 5.92 Å². The quantitative estimate of drug-likeness (QED) is 0.754. The second-order valence-corrected chi connectivity index (χ2v) is 3.83. The highest BCUT2D eigenvalue weighted by Gasteiger charge is 2.27. The number of carboxylic acid groups (broad SMARTS) is 1. The second kappa shape index (κ2) is 4.63. The summed E-state index contributed by atoms with van der Waals surface area (Å²) in [5.74, 6) is -0.366. The Kier molecular flexibility index (Phi) is 3.75. The van der Waals surface area contributed by atoms with Crippen molar-refractivity contribution in [3.63, 3.8) is 0 Å². The van der Waals surface area contributed by atoms with E-state index in [0.717, 1.165) is 25.2 Å². The molecule has 0 bridgehead atoms. The van der Waals surface area contributed by atoms with Gasteiger partial charge in [0, 0.05) is 25.2 Å². The van der Waals surface area contributed by atoms with Crippen molar-refractivity contribution in [1.29, 1.82) is 0 Å². The van der Waals surface area contributed by atoms with Crippen molar-refractivity contribution in [2.24, 2.45) is 5.92 Å². The molecule has 0 amide bonds. The number of likely N-dealkylation sites (tertiary alicyclic amines) is 1. The molecule has 4 heteroatoms. The van der Waals surface area contributed by atoms with Gasteiger partial charge in [0.15, 0.2) is 0 Å². The summed E-state index contributed by atoms with van der Waals surface area (Å²) < 4.78 is 0. The van der Waals surface area contributed by atoms with Crippen molar-refractivity contribution in [2.75, 3.05) is 19.6 Å². The second-order valence-electron chi connectivity index (χ2n) is 3.61. The molecular formula is C9H14ClNO2. The molecular weight excluding hydrogens is 190 g/mol. The maximum Gasteiger partial charge on any atom is 0.303 e. The van der Waals surface area contributed by atoms with Crippen LogP contribution in [-0.4, -0.2) is 35.6 Å². The summed E-state index contributed by atoms with van der Waals surface area (Å²) in [6.07, 6.45) is 0.292. The van der Waals surface area contributed by atoms with Gasteiger partial charge in [-0.25, -0.2) is 0 Å². The van der Waals surface area contributed by atoms with Crippen molar-refractivity contribution in [2.45, 2.75) is 13.3 Å². The number of rotatable bonds is 4. The van der Waals surface area contributed by atoms with E-state index in [1.807, 2.05) is 6.92 Å². The number of hydrogen-bond donors (Lipinski definition) is 1. The third-order valence-corrected chi connectivity index (χ3v) is 2.53. The van der Waals surface area contributed by atoms with Gasteiger partial charge in [-0.2, -0.15) is 0 Å². The van der Waals surface area contributed by atoms with E-state index >= 15 is 0 Å². The topological polar surface area (TPSA) is 40.5 Å². The van der Waals surface area contributed by atoms with Gasteiger partial charge in [0.05, 0.1) is 6.42 Å². The summed E-state index contributed by atoms with van der Waals surface area (Å²) in [5, 5.41) is 8.51. The Hall–Kier alpha value is -0.540. The average molecular weight is 204 g/mol. The fourth-order valence-corrected chi connectivity index (χ4v) is 1.64. The van der Waals surface area contributed by atoms with E-state index in [4.69, 9.17) is 16.7 Å².